The summed E-state index contributed by atoms with van der Waals surface area (Å²) in [4.78, 5) is 7.56. The van der Waals surface area contributed by atoms with Gasteiger partial charge in [-0.25, -0.2) is 0 Å². The van der Waals surface area contributed by atoms with E-state index in [0.29, 0.717) is 12.0 Å². The maximum atomic E-state index is 5.46. The Hall–Kier alpha value is -1.06. The van der Waals surface area contributed by atoms with Gasteiger partial charge in [-0.1, -0.05) is 0 Å². The molecule has 5 nitrogen and oxygen atoms in total. The number of ether oxygens (including phenoxy) is 1. The van der Waals surface area contributed by atoms with Gasteiger partial charge in [0.25, 0.3) is 0 Å². The van der Waals surface area contributed by atoms with Crippen LogP contribution in [0.4, 0.5) is 0 Å². The molecule has 0 spiro atoms. The molecular weight excluding hydrogens is 473 g/mol. The summed E-state index contributed by atoms with van der Waals surface area (Å²) in [6, 6.07) is 8.65. The highest BCUT2D eigenvalue weighted by Crippen LogP contribution is 2.17. The van der Waals surface area contributed by atoms with Crippen molar-refractivity contribution >= 4 is 41.3 Å². The van der Waals surface area contributed by atoms with Crippen LogP contribution >= 0.6 is 35.3 Å². The van der Waals surface area contributed by atoms with Gasteiger partial charge in [0.1, 0.15) is 5.76 Å². The average molecular weight is 503 g/mol. The zero-order valence-electron chi connectivity index (χ0n) is 16.1. The summed E-state index contributed by atoms with van der Waals surface area (Å²) < 4.78 is 10.9. The van der Waals surface area contributed by atoms with E-state index in [4.69, 9.17) is 14.1 Å². The van der Waals surface area contributed by atoms with Gasteiger partial charge in [0.05, 0.1) is 12.9 Å². The number of rotatable bonds is 8. The molecule has 2 N–H and O–H groups in total. The van der Waals surface area contributed by atoms with Crippen LogP contribution in [-0.2, 0) is 17.6 Å². The summed E-state index contributed by atoms with van der Waals surface area (Å²) >= 11 is 1.86. The lowest BCUT2D eigenvalue weighted by molar-refractivity contribution is 0.187. The van der Waals surface area contributed by atoms with Crippen LogP contribution in [0.5, 0.6) is 0 Å². The van der Waals surface area contributed by atoms with Gasteiger partial charge in [0, 0.05) is 54.3 Å². The Labute approximate surface area is 183 Å². The van der Waals surface area contributed by atoms with Crippen LogP contribution in [0, 0.1) is 12.8 Å². The Bertz CT molecular complexity index is 681. The predicted octanol–water partition coefficient (Wildman–Crippen LogP) is 4.01. The molecule has 1 saturated heterocycles. The van der Waals surface area contributed by atoms with Gasteiger partial charge >= 0.3 is 0 Å². The predicted molar refractivity (Wildman–Crippen MR) is 122 cm³/mol. The van der Waals surface area contributed by atoms with E-state index in [0.717, 1.165) is 57.3 Å². The van der Waals surface area contributed by atoms with Crippen molar-refractivity contribution in [1.82, 2.24) is 10.6 Å². The first-order chi connectivity index (χ1) is 12.7. The Morgan fingerprint density at radius 2 is 2.26 bits per heavy atom. The van der Waals surface area contributed by atoms with E-state index < -0.39 is 0 Å². The molecule has 3 rings (SSSR count). The van der Waals surface area contributed by atoms with Crippen molar-refractivity contribution in [2.45, 2.75) is 39.2 Å². The van der Waals surface area contributed by atoms with E-state index in [1.54, 1.807) is 6.26 Å². The molecule has 2 aromatic heterocycles. The Morgan fingerprint density at radius 3 is 2.93 bits per heavy atom. The van der Waals surface area contributed by atoms with Crippen molar-refractivity contribution in [2.75, 3.05) is 26.3 Å². The van der Waals surface area contributed by atoms with Crippen molar-refractivity contribution in [1.29, 1.82) is 0 Å². The topological polar surface area (TPSA) is 58.8 Å². The van der Waals surface area contributed by atoms with Crippen LogP contribution in [0.1, 0.15) is 28.9 Å². The van der Waals surface area contributed by atoms with Gasteiger partial charge in [0.2, 0.25) is 0 Å². The van der Waals surface area contributed by atoms with Crippen LogP contribution in [-0.4, -0.2) is 38.3 Å². The van der Waals surface area contributed by atoms with Crippen LogP contribution in [0.2, 0.25) is 0 Å². The third-order valence-corrected chi connectivity index (χ3v) is 5.49. The van der Waals surface area contributed by atoms with Gasteiger partial charge in [-0.05, 0) is 44.5 Å². The minimum atomic E-state index is 0. The summed E-state index contributed by atoms with van der Waals surface area (Å²) in [5.74, 6) is 2.40. The van der Waals surface area contributed by atoms with Gasteiger partial charge < -0.3 is 19.8 Å². The zero-order chi connectivity index (χ0) is 18.2. The second kappa shape index (κ2) is 11.7. The number of aliphatic imine (C=N–C) groups is 1. The SMILES string of the molecule is Cc1ccc(CC(C)NC(=NCC2CCOC2)NCCc2ccco2)s1.I. The van der Waals surface area contributed by atoms with Crippen molar-refractivity contribution < 1.29 is 9.15 Å². The van der Waals surface area contributed by atoms with Gasteiger partial charge in [-0.15, -0.1) is 35.3 Å². The monoisotopic (exact) mass is 503 g/mol. The van der Waals surface area contributed by atoms with E-state index in [1.807, 2.05) is 23.5 Å². The molecule has 0 radical (unpaired) electrons. The standard InChI is InChI=1S/C20H29N3O2S.HI/c1-15(12-19-6-5-16(2)26-19)23-20(22-13-17-8-11-24-14-17)21-9-7-18-4-3-10-25-18;/h3-6,10,15,17H,7-9,11-14H2,1-2H3,(H2,21,22,23);1H. The molecule has 0 saturated carbocycles. The summed E-state index contributed by atoms with van der Waals surface area (Å²) in [6.45, 7) is 7.65. The second-order valence-corrected chi connectivity index (χ2v) is 8.31. The Morgan fingerprint density at radius 1 is 1.37 bits per heavy atom. The van der Waals surface area contributed by atoms with Crippen molar-refractivity contribution in [2.24, 2.45) is 10.9 Å². The Kier molecular flexibility index (Phi) is 9.64. The normalized spacial score (nSPS) is 18.1. The van der Waals surface area contributed by atoms with Gasteiger partial charge in [-0.3, -0.25) is 4.99 Å². The van der Waals surface area contributed by atoms with Crippen LogP contribution in [0.15, 0.2) is 39.9 Å². The molecule has 2 unspecified atom stereocenters. The lowest BCUT2D eigenvalue weighted by atomic mass is 10.1. The van der Waals surface area contributed by atoms with Crippen LogP contribution in [0.25, 0.3) is 0 Å². The molecule has 1 aliphatic heterocycles. The minimum Gasteiger partial charge on any atom is -0.469 e. The molecule has 27 heavy (non-hydrogen) atoms. The number of nitrogens with one attached hydrogen (secondary N) is 2. The number of halogens is 1. The number of thiophene rings is 1. The maximum absolute atomic E-state index is 5.46. The molecule has 1 aliphatic rings. The molecule has 0 aromatic carbocycles. The molecule has 0 aliphatic carbocycles. The van der Waals surface area contributed by atoms with E-state index >= 15 is 0 Å². The zero-order valence-corrected chi connectivity index (χ0v) is 19.2. The largest absolute Gasteiger partial charge is 0.469 e. The number of nitrogens with zero attached hydrogens (tertiary/aromatic N) is 1. The molecule has 3 heterocycles. The number of furan rings is 1. The highest BCUT2D eigenvalue weighted by atomic mass is 127. The summed E-state index contributed by atoms with van der Waals surface area (Å²) in [5, 5.41) is 7.00. The number of guanidine groups is 1. The Balaban J connectivity index is 0.00000261. The summed E-state index contributed by atoms with van der Waals surface area (Å²) in [7, 11) is 0. The minimum absolute atomic E-state index is 0. The molecule has 1 fully saturated rings. The summed E-state index contributed by atoms with van der Waals surface area (Å²) in [6.07, 6.45) is 4.67. The smallest absolute Gasteiger partial charge is 0.191 e. The van der Waals surface area contributed by atoms with E-state index in [1.165, 1.54) is 9.75 Å². The van der Waals surface area contributed by atoms with E-state index in [-0.39, 0.29) is 24.0 Å². The average Bonchev–Trinajstić information content (AvgIpc) is 3.35. The molecule has 150 valence electrons. The van der Waals surface area contributed by atoms with E-state index in [9.17, 15) is 0 Å². The third-order valence-electron chi connectivity index (χ3n) is 4.46. The fourth-order valence-corrected chi connectivity index (χ4v) is 4.06. The lowest BCUT2D eigenvalue weighted by Crippen LogP contribution is -2.44. The summed E-state index contributed by atoms with van der Waals surface area (Å²) in [5.41, 5.74) is 0. The first kappa shape index (κ1) is 22.2. The maximum Gasteiger partial charge on any atom is 0.191 e. The van der Waals surface area contributed by atoms with Crippen LogP contribution < -0.4 is 10.6 Å². The van der Waals surface area contributed by atoms with Gasteiger partial charge in [-0.2, -0.15) is 0 Å². The molecule has 2 aromatic rings. The fraction of sp³-hybridized carbons (Fsp3) is 0.550. The molecule has 2 atom stereocenters. The number of hydrogen-bond acceptors (Lipinski definition) is 4. The number of hydrogen-bond donors (Lipinski definition) is 2. The van der Waals surface area contributed by atoms with E-state index in [2.05, 4.69) is 36.6 Å². The number of aryl methyl sites for hydroxylation is 1. The molecule has 7 heteroatoms. The third kappa shape index (κ3) is 7.83. The fourth-order valence-electron chi connectivity index (χ4n) is 3.04. The molecular formula is C20H30IN3O2S. The van der Waals surface area contributed by atoms with Crippen molar-refractivity contribution in [3.05, 3.63) is 46.0 Å². The second-order valence-electron chi connectivity index (χ2n) is 6.94. The first-order valence-electron chi connectivity index (χ1n) is 9.39. The molecule has 0 amide bonds. The highest BCUT2D eigenvalue weighted by molar-refractivity contribution is 14.0. The quantitative estimate of drug-likeness (QED) is 0.325. The first-order valence-corrected chi connectivity index (χ1v) is 10.2. The van der Waals surface area contributed by atoms with Gasteiger partial charge in [0.15, 0.2) is 5.96 Å². The lowest BCUT2D eigenvalue weighted by Gasteiger charge is -2.18. The van der Waals surface area contributed by atoms with Crippen LogP contribution in [0.3, 0.4) is 0 Å². The molecule has 0 bridgehead atoms. The highest BCUT2D eigenvalue weighted by Gasteiger charge is 2.16. The van der Waals surface area contributed by atoms with Crippen molar-refractivity contribution in [3.8, 4) is 0 Å². The van der Waals surface area contributed by atoms with Crippen molar-refractivity contribution in [3.63, 3.8) is 0 Å².